The normalized spacial score (nSPS) is 13.2. The summed E-state index contributed by atoms with van der Waals surface area (Å²) in [6, 6.07) is 10.8. The van der Waals surface area contributed by atoms with Crippen molar-refractivity contribution >= 4 is 39.2 Å². The molecule has 0 bridgehead atoms. The molecule has 1 aromatic carbocycles. The fourth-order valence-electron chi connectivity index (χ4n) is 3.83. The summed E-state index contributed by atoms with van der Waals surface area (Å²) in [7, 11) is 0. The first-order chi connectivity index (χ1) is 15.1. The summed E-state index contributed by atoms with van der Waals surface area (Å²) in [5.74, 6) is 0.371. The number of thiophene rings is 1. The third-order valence-corrected chi connectivity index (χ3v) is 7.33. The minimum Gasteiger partial charge on any atom is -0.485 e. The molecule has 31 heavy (non-hydrogen) atoms. The van der Waals surface area contributed by atoms with E-state index in [-0.39, 0.29) is 18.1 Å². The first-order valence-electron chi connectivity index (χ1n) is 10.2. The highest BCUT2D eigenvalue weighted by atomic mass is 32.1. The summed E-state index contributed by atoms with van der Waals surface area (Å²) in [6.07, 6.45) is 4.23. The summed E-state index contributed by atoms with van der Waals surface area (Å²) >= 11 is 2.99. The summed E-state index contributed by atoms with van der Waals surface area (Å²) < 4.78 is 7.74. The maximum atomic E-state index is 12.8. The van der Waals surface area contributed by atoms with Crippen LogP contribution in [-0.2, 0) is 19.4 Å². The number of hydrogen-bond acceptors (Lipinski definition) is 6. The predicted octanol–water partition coefficient (Wildman–Crippen LogP) is 4.84. The summed E-state index contributed by atoms with van der Waals surface area (Å²) in [4.78, 5) is 32.5. The standard InChI is InChI=1S/C23H21N3O3S2/c1-14-8-9-18(16(11-14)25-22(28)20-7-4-10-30-20)29-13-15-12-21(27)26-17-5-2-3-6-19(17)31-23(26)24-15/h4,7-12H,2-3,5-6,13H2,1H3,(H,25,28). The van der Waals surface area contributed by atoms with E-state index in [0.29, 0.717) is 22.0 Å². The van der Waals surface area contributed by atoms with E-state index < -0.39 is 0 Å². The van der Waals surface area contributed by atoms with Gasteiger partial charge in [0.25, 0.3) is 11.5 Å². The molecule has 1 aliphatic carbocycles. The number of carbonyl (C=O) groups excluding carboxylic acids is 1. The van der Waals surface area contributed by atoms with E-state index in [4.69, 9.17) is 4.74 Å². The van der Waals surface area contributed by atoms with Gasteiger partial charge in [-0.3, -0.25) is 14.0 Å². The summed E-state index contributed by atoms with van der Waals surface area (Å²) in [5.41, 5.74) is 3.25. The highest BCUT2D eigenvalue weighted by Gasteiger charge is 2.19. The van der Waals surface area contributed by atoms with E-state index in [2.05, 4.69) is 10.3 Å². The second-order valence-corrected chi connectivity index (χ2v) is 9.61. The molecule has 0 saturated heterocycles. The molecule has 5 rings (SSSR count). The van der Waals surface area contributed by atoms with Crippen LogP contribution in [0.3, 0.4) is 0 Å². The minimum atomic E-state index is -0.174. The molecule has 0 atom stereocenters. The topological polar surface area (TPSA) is 72.7 Å². The van der Waals surface area contributed by atoms with Crippen molar-refractivity contribution in [1.29, 1.82) is 0 Å². The largest absolute Gasteiger partial charge is 0.485 e. The SMILES string of the molecule is Cc1ccc(OCc2cc(=O)n3c4c(sc3n2)CCCC4)c(NC(=O)c2cccs2)c1. The van der Waals surface area contributed by atoms with Crippen LogP contribution < -0.4 is 15.6 Å². The number of ether oxygens (including phenoxy) is 1. The van der Waals surface area contributed by atoms with Crippen LogP contribution in [0.2, 0.25) is 0 Å². The number of nitrogens with one attached hydrogen (secondary N) is 1. The van der Waals surface area contributed by atoms with Crippen LogP contribution in [0.5, 0.6) is 5.75 Å². The minimum absolute atomic E-state index is 0.0573. The van der Waals surface area contributed by atoms with Crippen LogP contribution in [0.25, 0.3) is 4.96 Å². The number of benzene rings is 1. The first kappa shape index (κ1) is 20.0. The third-order valence-electron chi connectivity index (χ3n) is 5.32. The Labute approximate surface area is 187 Å². The molecule has 1 N–H and O–H groups in total. The molecule has 0 unspecified atom stereocenters. The van der Waals surface area contributed by atoms with Gasteiger partial charge in [0.15, 0.2) is 4.96 Å². The van der Waals surface area contributed by atoms with Gasteiger partial charge in [-0.15, -0.1) is 22.7 Å². The van der Waals surface area contributed by atoms with E-state index in [0.717, 1.165) is 41.9 Å². The van der Waals surface area contributed by atoms with E-state index in [1.165, 1.54) is 16.2 Å². The smallest absolute Gasteiger partial charge is 0.265 e. The van der Waals surface area contributed by atoms with Crippen molar-refractivity contribution in [3.8, 4) is 5.75 Å². The van der Waals surface area contributed by atoms with Crippen LogP contribution in [-0.4, -0.2) is 15.3 Å². The molecule has 0 saturated carbocycles. The highest BCUT2D eigenvalue weighted by Crippen LogP contribution is 2.29. The van der Waals surface area contributed by atoms with Gasteiger partial charge in [0.1, 0.15) is 12.4 Å². The van der Waals surface area contributed by atoms with Gasteiger partial charge < -0.3 is 10.1 Å². The van der Waals surface area contributed by atoms with Crippen molar-refractivity contribution in [2.24, 2.45) is 0 Å². The van der Waals surface area contributed by atoms with E-state index in [9.17, 15) is 9.59 Å². The fraction of sp³-hybridized carbons (Fsp3) is 0.261. The summed E-state index contributed by atoms with van der Waals surface area (Å²) in [5, 5.41) is 4.79. The van der Waals surface area contributed by atoms with Gasteiger partial charge in [0, 0.05) is 16.6 Å². The molecule has 0 radical (unpaired) electrons. The van der Waals surface area contributed by atoms with Crippen LogP contribution in [0.15, 0.2) is 46.6 Å². The van der Waals surface area contributed by atoms with Gasteiger partial charge in [-0.25, -0.2) is 4.98 Å². The molecule has 1 aliphatic rings. The van der Waals surface area contributed by atoms with E-state index in [1.807, 2.05) is 36.6 Å². The number of carbonyl (C=O) groups is 1. The fourth-order valence-corrected chi connectivity index (χ4v) is 5.68. The van der Waals surface area contributed by atoms with Crippen LogP contribution in [0, 0.1) is 6.92 Å². The van der Waals surface area contributed by atoms with Gasteiger partial charge in [-0.1, -0.05) is 12.1 Å². The van der Waals surface area contributed by atoms with Gasteiger partial charge >= 0.3 is 0 Å². The molecule has 158 valence electrons. The monoisotopic (exact) mass is 451 g/mol. The second kappa shape index (κ2) is 8.28. The van der Waals surface area contributed by atoms with Gasteiger partial charge in [-0.2, -0.15) is 0 Å². The molecule has 3 aromatic heterocycles. The molecular formula is C23H21N3O3S2. The van der Waals surface area contributed by atoms with Crippen LogP contribution in [0.1, 0.15) is 44.3 Å². The zero-order chi connectivity index (χ0) is 21.4. The second-order valence-electron chi connectivity index (χ2n) is 7.60. The van der Waals surface area contributed by atoms with Gasteiger partial charge in [0.05, 0.1) is 16.3 Å². The average Bonchev–Trinajstić information content (AvgIpc) is 3.41. The molecule has 0 aliphatic heterocycles. The molecule has 6 nitrogen and oxygen atoms in total. The lowest BCUT2D eigenvalue weighted by molar-refractivity contribution is 0.103. The summed E-state index contributed by atoms with van der Waals surface area (Å²) in [6.45, 7) is 2.11. The molecule has 3 heterocycles. The quantitative estimate of drug-likeness (QED) is 0.471. The molecule has 0 fully saturated rings. The van der Waals surface area contributed by atoms with Crippen molar-refractivity contribution in [1.82, 2.24) is 9.38 Å². The Kier molecular flexibility index (Phi) is 5.33. The number of nitrogens with zero attached hydrogens (tertiary/aromatic N) is 2. The lowest BCUT2D eigenvalue weighted by Crippen LogP contribution is -2.18. The van der Waals surface area contributed by atoms with Gasteiger partial charge in [0.2, 0.25) is 0 Å². The molecule has 8 heteroatoms. The number of thiazole rings is 1. The van der Waals surface area contributed by atoms with E-state index in [1.54, 1.807) is 27.9 Å². The molecule has 1 amide bonds. The van der Waals surface area contributed by atoms with Crippen LogP contribution >= 0.6 is 22.7 Å². The van der Waals surface area contributed by atoms with Crippen molar-refractivity contribution in [2.45, 2.75) is 39.2 Å². The number of rotatable bonds is 5. The maximum absolute atomic E-state index is 12.8. The van der Waals surface area contributed by atoms with Crippen molar-refractivity contribution in [3.05, 3.63) is 78.8 Å². The lowest BCUT2D eigenvalue weighted by Gasteiger charge is -2.13. The molecule has 0 spiro atoms. The Morgan fingerprint density at radius 1 is 1.23 bits per heavy atom. The third kappa shape index (κ3) is 4.00. The Balaban J connectivity index is 1.39. The van der Waals surface area contributed by atoms with E-state index >= 15 is 0 Å². The molecule has 4 aromatic rings. The number of hydrogen-bond donors (Lipinski definition) is 1. The lowest BCUT2D eigenvalue weighted by atomic mass is 10.0. The Morgan fingerprint density at radius 2 is 2.10 bits per heavy atom. The predicted molar refractivity (Wildman–Crippen MR) is 124 cm³/mol. The van der Waals surface area contributed by atoms with Crippen molar-refractivity contribution < 1.29 is 9.53 Å². The zero-order valence-electron chi connectivity index (χ0n) is 17.0. The number of aryl methyl sites for hydroxylation is 3. The Hall–Kier alpha value is -2.97. The van der Waals surface area contributed by atoms with Crippen molar-refractivity contribution in [2.75, 3.05) is 5.32 Å². The van der Waals surface area contributed by atoms with Gasteiger partial charge in [-0.05, 0) is 61.7 Å². The molecular weight excluding hydrogens is 430 g/mol. The Morgan fingerprint density at radius 3 is 2.94 bits per heavy atom. The average molecular weight is 452 g/mol. The van der Waals surface area contributed by atoms with Crippen molar-refractivity contribution in [3.63, 3.8) is 0 Å². The number of aromatic nitrogens is 2. The van der Waals surface area contributed by atoms with Crippen LogP contribution in [0.4, 0.5) is 5.69 Å². The maximum Gasteiger partial charge on any atom is 0.265 e. The first-order valence-corrected chi connectivity index (χ1v) is 11.9. The zero-order valence-corrected chi connectivity index (χ0v) is 18.6. The number of fused-ring (bicyclic) bond motifs is 3. The number of anilines is 1. The number of amides is 1. The Bertz CT molecular complexity index is 1320. The highest BCUT2D eigenvalue weighted by molar-refractivity contribution is 7.17.